The van der Waals surface area contributed by atoms with E-state index in [-0.39, 0.29) is 11.9 Å². The second-order valence-electron chi connectivity index (χ2n) is 5.48. The van der Waals surface area contributed by atoms with Gasteiger partial charge in [0.25, 0.3) is 5.91 Å². The molecule has 3 heteroatoms. The minimum Gasteiger partial charge on any atom is -0.350 e. The minimum atomic E-state index is -0.0480. The molecule has 1 amide bonds. The Hall–Kier alpha value is -1.87. The molecular weight excluding hydrogens is 260 g/mol. The Bertz CT molecular complexity index is 600. The van der Waals surface area contributed by atoms with Crippen LogP contribution in [0.15, 0.2) is 42.5 Å². The summed E-state index contributed by atoms with van der Waals surface area (Å²) < 4.78 is 0. The van der Waals surface area contributed by atoms with Gasteiger partial charge in [-0.1, -0.05) is 63.1 Å². The fourth-order valence-corrected chi connectivity index (χ4v) is 2.79. The van der Waals surface area contributed by atoms with E-state index in [0.29, 0.717) is 18.0 Å². The van der Waals surface area contributed by atoms with Crippen LogP contribution in [-0.2, 0) is 0 Å². The summed E-state index contributed by atoms with van der Waals surface area (Å²) in [6, 6.07) is 13.7. The maximum atomic E-state index is 12.4. The van der Waals surface area contributed by atoms with Crippen LogP contribution >= 0.6 is 0 Å². The highest BCUT2D eigenvalue weighted by Crippen LogP contribution is 2.18. The molecule has 2 rings (SSSR count). The average molecular weight is 284 g/mol. The van der Waals surface area contributed by atoms with Crippen LogP contribution in [0.25, 0.3) is 10.8 Å². The average Bonchev–Trinajstić information content (AvgIpc) is 2.53. The van der Waals surface area contributed by atoms with E-state index in [4.69, 9.17) is 5.73 Å². The molecule has 112 valence electrons. The molecule has 21 heavy (non-hydrogen) atoms. The summed E-state index contributed by atoms with van der Waals surface area (Å²) in [4.78, 5) is 12.4. The molecule has 2 aromatic carbocycles. The van der Waals surface area contributed by atoms with Crippen molar-refractivity contribution in [3.05, 3.63) is 48.0 Å². The number of nitrogens with one attached hydrogen (secondary N) is 1. The third-order valence-corrected chi connectivity index (χ3v) is 4.19. The van der Waals surface area contributed by atoms with Crippen molar-refractivity contribution < 1.29 is 4.79 Å². The molecule has 1 atom stereocenters. The number of amides is 1. The van der Waals surface area contributed by atoms with Crippen molar-refractivity contribution in [3.8, 4) is 0 Å². The summed E-state index contributed by atoms with van der Waals surface area (Å²) in [5, 5.41) is 5.03. The number of benzene rings is 2. The highest BCUT2D eigenvalue weighted by Gasteiger charge is 2.16. The molecule has 0 radical (unpaired) electrons. The molecule has 1 unspecified atom stereocenters. The second kappa shape index (κ2) is 7.23. The third kappa shape index (κ3) is 3.61. The van der Waals surface area contributed by atoms with E-state index in [0.717, 1.165) is 23.6 Å². The first-order valence-corrected chi connectivity index (χ1v) is 7.68. The lowest BCUT2D eigenvalue weighted by atomic mass is 9.95. The van der Waals surface area contributed by atoms with Crippen molar-refractivity contribution in [2.75, 3.05) is 6.54 Å². The number of carbonyl (C=O) groups excluding carboxylic acids is 1. The zero-order chi connectivity index (χ0) is 15.2. The van der Waals surface area contributed by atoms with Crippen molar-refractivity contribution >= 4 is 16.7 Å². The Morgan fingerprint density at radius 2 is 1.76 bits per heavy atom. The van der Waals surface area contributed by atoms with Crippen molar-refractivity contribution in [2.24, 2.45) is 11.7 Å². The third-order valence-electron chi connectivity index (χ3n) is 4.19. The molecule has 0 saturated carbocycles. The summed E-state index contributed by atoms with van der Waals surface area (Å²) in [5.41, 5.74) is 6.88. The molecule has 0 bridgehead atoms. The van der Waals surface area contributed by atoms with E-state index >= 15 is 0 Å². The predicted octanol–water partition coefficient (Wildman–Crippen LogP) is 3.33. The Labute approximate surface area is 126 Å². The molecule has 3 nitrogen and oxygen atoms in total. The molecule has 2 aromatic rings. The van der Waals surface area contributed by atoms with Gasteiger partial charge in [0.2, 0.25) is 0 Å². The Morgan fingerprint density at radius 3 is 2.48 bits per heavy atom. The van der Waals surface area contributed by atoms with Gasteiger partial charge < -0.3 is 11.1 Å². The lowest BCUT2D eigenvalue weighted by molar-refractivity contribution is 0.0949. The smallest absolute Gasteiger partial charge is 0.251 e. The van der Waals surface area contributed by atoms with Crippen molar-refractivity contribution in [1.29, 1.82) is 0 Å². The van der Waals surface area contributed by atoms with E-state index < -0.39 is 0 Å². The van der Waals surface area contributed by atoms with Crippen molar-refractivity contribution in [3.63, 3.8) is 0 Å². The number of hydrogen-bond donors (Lipinski definition) is 2. The minimum absolute atomic E-state index is 0.0129. The molecule has 0 aliphatic carbocycles. The van der Waals surface area contributed by atoms with Crippen LogP contribution in [0, 0.1) is 5.92 Å². The monoisotopic (exact) mass is 284 g/mol. The number of fused-ring (bicyclic) bond motifs is 1. The van der Waals surface area contributed by atoms with E-state index in [1.54, 1.807) is 0 Å². The maximum absolute atomic E-state index is 12.4. The fraction of sp³-hybridized carbons (Fsp3) is 0.389. The molecule has 0 saturated heterocycles. The zero-order valence-corrected chi connectivity index (χ0v) is 12.8. The fourth-order valence-electron chi connectivity index (χ4n) is 2.79. The lowest BCUT2D eigenvalue weighted by Crippen LogP contribution is -2.41. The van der Waals surface area contributed by atoms with Gasteiger partial charge in [-0.3, -0.25) is 4.79 Å². The van der Waals surface area contributed by atoms with Crippen molar-refractivity contribution in [2.45, 2.75) is 32.7 Å². The van der Waals surface area contributed by atoms with Crippen LogP contribution in [0.1, 0.15) is 37.0 Å². The van der Waals surface area contributed by atoms with Crippen LogP contribution in [0.4, 0.5) is 0 Å². The van der Waals surface area contributed by atoms with E-state index in [1.807, 2.05) is 42.5 Å². The molecule has 0 aromatic heterocycles. The molecule has 0 spiro atoms. The lowest BCUT2D eigenvalue weighted by Gasteiger charge is -2.21. The van der Waals surface area contributed by atoms with Gasteiger partial charge in [0.15, 0.2) is 0 Å². The number of carbonyl (C=O) groups is 1. The zero-order valence-electron chi connectivity index (χ0n) is 12.8. The highest BCUT2D eigenvalue weighted by molar-refractivity contribution is 6.06. The van der Waals surface area contributed by atoms with Gasteiger partial charge in [0.1, 0.15) is 0 Å². The molecule has 0 heterocycles. The SMILES string of the molecule is CCC(CC)C(N)CNC(=O)c1cccc2ccccc12. The number of rotatable bonds is 6. The largest absolute Gasteiger partial charge is 0.350 e. The standard InChI is InChI=1S/C18H24N2O/c1-3-13(4-2)17(19)12-20-18(21)16-11-7-9-14-8-5-6-10-15(14)16/h5-11,13,17H,3-4,12,19H2,1-2H3,(H,20,21). The Morgan fingerprint density at radius 1 is 1.10 bits per heavy atom. The predicted molar refractivity (Wildman–Crippen MR) is 88.3 cm³/mol. The summed E-state index contributed by atoms with van der Waals surface area (Å²) >= 11 is 0. The highest BCUT2D eigenvalue weighted by atomic mass is 16.1. The second-order valence-corrected chi connectivity index (χ2v) is 5.48. The number of hydrogen-bond acceptors (Lipinski definition) is 2. The van der Waals surface area contributed by atoms with Crippen LogP contribution in [0.5, 0.6) is 0 Å². The molecule has 0 aliphatic heterocycles. The van der Waals surface area contributed by atoms with Gasteiger partial charge in [-0.2, -0.15) is 0 Å². The number of nitrogens with two attached hydrogens (primary N) is 1. The van der Waals surface area contributed by atoms with Crippen LogP contribution in [0.3, 0.4) is 0 Å². The molecular formula is C18H24N2O. The van der Waals surface area contributed by atoms with Crippen LogP contribution < -0.4 is 11.1 Å². The maximum Gasteiger partial charge on any atom is 0.251 e. The van der Waals surface area contributed by atoms with E-state index in [1.165, 1.54) is 0 Å². The van der Waals surface area contributed by atoms with Gasteiger partial charge in [-0.05, 0) is 22.8 Å². The van der Waals surface area contributed by atoms with Crippen LogP contribution in [0.2, 0.25) is 0 Å². The van der Waals surface area contributed by atoms with Gasteiger partial charge in [-0.15, -0.1) is 0 Å². The topological polar surface area (TPSA) is 55.1 Å². The van der Waals surface area contributed by atoms with E-state index in [2.05, 4.69) is 19.2 Å². The summed E-state index contributed by atoms with van der Waals surface area (Å²) in [6.07, 6.45) is 2.09. The summed E-state index contributed by atoms with van der Waals surface area (Å²) in [6.45, 7) is 4.80. The Kier molecular flexibility index (Phi) is 5.34. The van der Waals surface area contributed by atoms with E-state index in [9.17, 15) is 4.79 Å². The van der Waals surface area contributed by atoms with Crippen molar-refractivity contribution in [1.82, 2.24) is 5.32 Å². The molecule has 3 N–H and O–H groups in total. The summed E-state index contributed by atoms with van der Waals surface area (Å²) in [7, 11) is 0. The summed E-state index contributed by atoms with van der Waals surface area (Å²) in [5.74, 6) is 0.408. The quantitative estimate of drug-likeness (QED) is 0.855. The van der Waals surface area contributed by atoms with Gasteiger partial charge in [-0.25, -0.2) is 0 Å². The first kappa shape index (κ1) is 15.5. The normalized spacial score (nSPS) is 12.6. The molecule has 0 fully saturated rings. The van der Waals surface area contributed by atoms with Gasteiger partial charge >= 0.3 is 0 Å². The Balaban J connectivity index is 2.09. The van der Waals surface area contributed by atoms with Gasteiger partial charge in [0.05, 0.1) is 0 Å². The van der Waals surface area contributed by atoms with Crippen LogP contribution in [-0.4, -0.2) is 18.5 Å². The van der Waals surface area contributed by atoms with Gasteiger partial charge in [0, 0.05) is 18.2 Å². The molecule has 0 aliphatic rings. The first-order chi connectivity index (χ1) is 10.2. The first-order valence-electron chi connectivity index (χ1n) is 7.68.